The molecule has 158 valence electrons. The average Bonchev–Trinajstić information content (AvgIpc) is 2.64. The predicted octanol–water partition coefficient (Wildman–Crippen LogP) is 8.41. The van der Waals surface area contributed by atoms with Crippen molar-refractivity contribution in [3.8, 4) is 0 Å². The van der Waals surface area contributed by atoms with Crippen molar-refractivity contribution in [1.29, 1.82) is 0 Å². The lowest BCUT2D eigenvalue weighted by Crippen LogP contribution is -2.62. The van der Waals surface area contributed by atoms with Crippen molar-refractivity contribution in [1.82, 2.24) is 0 Å². The van der Waals surface area contributed by atoms with Crippen LogP contribution in [0, 0.1) is 0 Å². The van der Waals surface area contributed by atoms with Crippen molar-refractivity contribution < 1.29 is 4.21 Å². The van der Waals surface area contributed by atoms with Crippen LogP contribution in [0.25, 0.3) is 0 Å². The van der Waals surface area contributed by atoms with Gasteiger partial charge in [0.15, 0.2) is 0 Å². The molecular formula is C16H14Cl8OS3. The quantitative estimate of drug-likeness (QED) is 0.240. The van der Waals surface area contributed by atoms with Crippen LogP contribution in [0.2, 0.25) is 0 Å². The molecule has 12 heteroatoms. The molecule has 28 heavy (non-hydrogen) atoms. The molecule has 0 aromatic heterocycles. The van der Waals surface area contributed by atoms with Crippen molar-refractivity contribution in [2.24, 2.45) is 0 Å². The molecule has 0 saturated heterocycles. The SMILES string of the molecule is CC1=C(Cl)C(S)(Cl)C(C)(S(=O)C2(C)C(Cl)=C(Cl)C(C)=C(Cl)C2(S)Cl)C(Cl)=C1Cl. The minimum absolute atomic E-state index is 0.00980. The first kappa shape index (κ1) is 26.4. The van der Waals surface area contributed by atoms with Crippen molar-refractivity contribution in [3.63, 3.8) is 0 Å². The zero-order chi connectivity index (χ0) is 22.2. The number of rotatable bonds is 2. The molecule has 0 aromatic carbocycles. The van der Waals surface area contributed by atoms with E-state index in [-0.39, 0.29) is 30.2 Å². The summed E-state index contributed by atoms with van der Waals surface area (Å²) >= 11 is 61.1. The van der Waals surface area contributed by atoms with E-state index in [0.717, 1.165) is 0 Å². The second kappa shape index (κ2) is 8.17. The number of alkyl halides is 2. The molecule has 0 N–H and O–H groups in total. The van der Waals surface area contributed by atoms with Crippen LogP contribution in [0.3, 0.4) is 0 Å². The van der Waals surface area contributed by atoms with Gasteiger partial charge in [-0.05, 0) is 38.8 Å². The molecule has 0 bridgehead atoms. The molecule has 1 nitrogen and oxygen atoms in total. The molecule has 0 fully saturated rings. The maximum Gasteiger partial charge on any atom is 0.144 e. The van der Waals surface area contributed by atoms with Gasteiger partial charge in [0, 0.05) is 0 Å². The highest BCUT2D eigenvalue weighted by molar-refractivity contribution is 7.93. The van der Waals surface area contributed by atoms with Crippen molar-refractivity contribution >= 4 is 129 Å². The maximum atomic E-state index is 14.2. The Hall–Kier alpha value is 2.13. The third-order valence-corrected chi connectivity index (χ3v) is 14.7. The zero-order valence-corrected chi connectivity index (χ0v) is 23.4. The summed E-state index contributed by atoms with van der Waals surface area (Å²) in [7, 11) is -2.14. The summed E-state index contributed by atoms with van der Waals surface area (Å²) in [4.78, 5) is 0. The minimum atomic E-state index is -2.14. The Morgan fingerprint density at radius 2 is 0.929 bits per heavy atom. The molecule has 0 radical (unpaired) electrons. The van der Waals surface area contributed by atoms with Crippen LogP contribution >= 0.6 is 118 Å². The van der Waals surface area contributed by atoms with Gasteiger partial charge in [-0.15, -0.1) is 25.3 Å². The highest BCUT2D eigenvalue weighted by atomic mass is 35.5. The number of hydrogen-bond donors (Lipinski definition) is 2. The summed E-state index contributed by atoms with van der Waals surface area (Å²) in [6.07, 6.45) is 0. The van der Waals surface area contributed by atoms with Gasteiger partial charge in [0.2, 0.25) is 0 Å². The van der Waals surface area contributed by atoms with Crippen LogP contribution in [0.4, 0.5) is 0 Å². The van der Waals surface area contributed by atoms with Gasteiger partial charge in [0.05, 0.1) is 41.0 Å². The minimum Gasteiger partial charge on any atom is -0.257 e. The Kier molecular flexibility index (Phi) is 7.69. The van der Waals surface area contributed by atoms with E-state index in [1.165, 1.54) is 13.8 Å². The van der Waals surface area contributed by atoms with Gasteiger partial charge >= 0.3 is 0 Å². The lowest BCUT2D eigenvalue weighted by Gasteiger charge is -2.52. The van der Waals surface area contributed by atoms with Gasteiger partial charge < -0.3 is 0 Å². The Labute approximate surface area is 218 Å². The summed E-state index contributed by atoms with van der Waals surface area (Å²) in [5.41, 5.74) is 0.830. The number of halogens is 8. The normalized spacial score (nSPS) is 41.2. The fourth-order valence-electron chi connectivity index (χ4n) is 2.96. The van der Waals surface area contributed by atoms with Crippen molar-refractivity contribution in [2.45, 2.75) is 45.6 Å². The van der Waals surface area contributed by atoms with Crippen molar-refractivity contribution in [2.75, 3.05) is 0 Å². The Bertz CT molecular complexity index is 845. The van der Waals surface area contributed by atoms with Crippen LogP contribution < -0.4 is 0 Å². The monoisotopic (exact) mass is 598 g/mol. The highest BCUT2D eigenvalue weighted by Gasteiger charge is 2.67. The van der Waals surface area contributed by atoms with Crippen LogP contribution in [-0.4, -0.2) is 22.1 Å². The molecule has 4 atom stereocenters. The van der Waals surface area contributed by atoms with Gasteiger partial charge in [-0.25, -0.2) is 0 Å². The second-order valence-corrected chi connectivity index (χ2v) is 14.2. The number of hydrogen-bond acceptors (Lipinski definition) is 3. The van der Waals surface area contributed by atoms with Crippen LogP contribution in [0.5, 0.6) is 0 Å². The van der Waals surface area contributed by atoms with Gasteiger partial charge in [0.25, 0.3) is 0 Å². The molecule has 0 heterocycles. The second-order valence-electron chi connectivity index (χ2n) is 6.71. The largest absolute Gasteiger partial charge is 0.257 e. The molecule has 2 aliphatic carbocycles. The van der Waals surface area contributed by atoms with E-state index in [9.17, 15) is 4.21 Å². The first-order valence-electron chi connectivity index (χ1n) is 7.53. The Morgan fingerprint density at radius 1 is 0.679 bits per heavy atom. The van der Waals surface area contributed by atoms with E-state index < -0.39 is 28.7 Å². The summed E-state index contributed by atoms with van der Waals surface area (Å²) in [5, 5.41) is 0.344. The van der Waals surface area contributed by atoms with E-state index in [4.69, 9.17) is 92.8 Å². The number of thiol groups is 2. The van der Waals surface area contributed by atoms with Gasteiger partial charge in [-0.2, -0.15) is 0 Å². The fraction of sp³-hybridized carbons (Fsp3) is 0.500. The molecular weight excluding hydrogens is 588 g/mol. The standard InChI is InChI=1S/C16H14Cl8OS3/c1-5-7(17)11(21)13(3,15(23,26)9(5)19)28(25)14(4)12(22)8(18)6(2)10(20)16(14,24)27/h26-27H,1-4H3. The molecule has 0 spiro atoms. The first-order chi connectivity index (χ1) is 12.4. The van der Waals surface area contributed by atoms with E-state index >= 15 is 0 Å². The van der Waals surface area contributed by atoms with E-state index in [0.29, 0.717) is 11.1 Å². The van der Waals surface area contributed by atoms with E-state index in [1.807, 2.05) is 0 Å². The summed E-state index contributed by atoms with van der Waals surface area (Å²) in [6, 6.07) is 0. The smallest absolute Gasteiger partial charge is 0.144 e. The number of allylic oxidation sites excluding steroid dienone is 4. The van der Waals surface area contributed by atoms with Crippen molar-refractivity contribution in [3.05, 3.63) is 41.3 Å². The first-order valence-corrected chi connectivity index (χ1v) is 12.6. The van der Waals surface area contributed by atoms with Crippen LogP contribution in [0.15, 0.2) is 41.3 Å². The molecule has 0 aromatic rings. The van der Waals surface area contributed by atoms with Crippen LogP contribution in [0.1, 0.15) is 27.7 Å². The molecule has 2 aliphatic rings. The molecule has 2 rings (SSSR count). The average molecular weight is 602 g/mol. The van der Waals surface area contributed by atoms with Gasteiger partial charge in [-0.3, -0.25) is 4.21 Å². The summed E-state index contributed by atoms with van der Waals surface area (Å²) < 4.78 is 7.50. The van der Waals surface area contributed by atoms with Gasteiger partial charge in [0.1, 0.15) is 17.9 Å². The van der Waals surface area contributed by atoms with E-state index in [1.54, 1.807) is 13.8 Å². The fourth-order valence-corrected chi connectivity index (χ4v) is 9.63. The summed E-state index contributed by atoms with van der Waals surface area (Å²) in [5.74, 6) is 0. The van der Waals surface area contributed by atoms with Gasteiger partial charge in [-0.1, -0.05) is 92.8 Å². The predicted molar refractivity (Wildman–Crippen MR) is 135 cm³/mol. The Morgan fingerprint density at radius 3 is 1.18 bits per heavy atom. The molecule has 0 aliphatic heterocycles. The topological polar surface area (TPSA) is 17.1 Å². The molecule has 0 amide bonds. The zero-order valence-electron chi connectivity index (χ0n) is 14.7. The maximum absolute atomic E-state index is 14.2. The third kappa shape index (κ3) is 3.22. The molecule has 0 saturated carbocycles. The molecule has 4 unspecified atom stereocenters. The third-order valence-electron chi connectivity index (χ3n) is 5.13. The van der Waals surface area contributed by atoms with Crippen LogP contribution in [-0.2, 0) is 10.8 Å². The highest BCUT2D eigenvalue weighted by Crippen LogP contribution is 2.64. The lowest BCUT2D eigenvalue weighted by molar-refractivity contribution is 0.591. The van der Waals surface area contributed by atoms with E-state index in [2.05, 4.69) is 25.3 Å². The Balaban J connectivity index is 2.88. The lowest BCUT2D eigenvalue weighted by atomic mass is 9.94. The summed E-state index contributed by atoms with van der Waals surface area (Å²) in [6.45, 7) is 6.27.